The monoisotopic (exact) mass is 641 g/mol. The number of benzene rings is 6. The van der Waals surface area contributed by atoms with Crippen LogP contribution in [-0.2, 0) is 0 Å². The van der Waals surface area contributed by atoms with Crippen molar-refractivity contribution in [1.29, 1.82) is 5.26 Å². The van der Waals surface area contributed by atoms with E-state index in [0.717, 1.165) is 60.9 Å². The fourth-order valence-corrected chi connectivity index (χ4v) is 8.60. The first kappa shape index (κ1) is 27.4. The van der Waals surface area contributed by atoms with Crippen LogP contribution in [0.4, 0.5) is 5.69 Å². The summed E-state index contributed by atoms with van der Waals surface area (Å²) >= 11 is 1.82. The van der Waals surface area contributed by atoms with Crippen molar-refractivity contribution in [3.8, 4) is 28.6 Å². The van der Waals surface area contributed by atoms with Gasteiger partial charge in [0.05, 0.1) is 34.8 Å². The minimum Gasteiger partial charge on any atom is -0.309 e. The lowest BCUT2D eigenvalue weighted by Gasteiger charge is -2.13. The molecular weight excluding hydrogens is 619 g/mol. The zero-order valence-electron chi connectivity index (χ0n) is 25.9. The Labute approximate surface area is 284 Å². The van der Waals surface area contributed by atoms with Gasteiger partial charge in [-0.1, -0.05) is 60.7 Å². The molecule has 0 fully saturated rings. The number of hydrogen-bond acceptors (Lipinski definition) is 3. The first-order chi connectivity index (χ1) is 24.2. The zero-order valence-corrected chi connectivity index (χ0v) is 26.7. The van der Waals surface area contributed by atoms with Gasteiger partial charge in [-0.25, -0.2) is 9.83 Å². The second-order valence-electron chi connectivity index (χ2n) is 12.2. The Morgan fingerprint density at radius 2 is 1.43 bits per heavy atom. The molecule has 0 spiro atoms. The molecule has 0 saturated heterocycles. The van der Waals surface area contributed by atoms with Crippen molar-refractivity contribution >= 4 is 80.9 Å². The smallest absolute Gasteiger partial charge is 0.188 e. The fraction of sp³-hybridized carbons (Fsp3) is 0. The van der Waals surface area contributed by atoms with Crippen molar-refractivity contribution in [3.63, 3.8) is 0 Å². The Kier molecular flexibility index (Phi) is 5.81. The van der Waals surface area contributed by atoms with E-state index in [1.165, 1.54) is 25.6 Å². The predicted molar refractivity (Wildman–Crippen MR) is 202 cm³/mol. The van der Waals surface area contributed by atoms with Crippen molar-refractivity contribution in [1.82, 2.24) is 14.1 Å². The quantitative estimate of drug-likeness (QED) is 0.180. The van der Waals surface area contributed by atoms with Gasteiger partial charge in [0.2, 0.25) is 0 Å². The van der Waals surface area contributed by atoms with Crippen molar-refractivity contribution < 1.29 is 0 Å². The second kappa shape index (κ2) is 10.4. The largest absolute Gasteiger partial charge is 0.309 e. The number of pyridine rings is 1. The van der Waals surface area contributed by atoms with E-state index < -0.39 is 0 Å². The molecule has 0 bridgehead atoms. The maximum Gasteiger partial charge on any atom is 0.188 e. The molecule has 6 aromatic carbocycles. The zero-order chi connectivity index (χ0) is 32.6. The first-order valence-corrected chi connectivity index (χ1v) is 16.8. The van der Waals surface area contributed by atoms with E-state index in [-0.39, 0.29) is 0 Å². The topological polar surface area (TPSA) is 50.9 Å². The lowest BCUT2D eigenvalue weighted by Crippen LogP contribution is -1.98. The minimum atomic E-state index is 0.576. The average molecular weight is 642 g/mol. The molecule has 4 aromatic heterocycles. The number of para-hydroxylation sites is 1. The molecule has 0 aliphatic rings. The molecule has 0 amide bonds. The number of thiophene rings is 1. The van der Waals surface area contributed by atoms with Crippen LogP contribution in [0.2, 0.25) is 0 Å². The predicted octanol–water partition coefficient (Wildman–Crippen LogP) is 11.7. The normalized spacial score (nSPS) is 11.6. The maximum absolute atomic E-state index is 10.2. The molecule has 226 valence electrons. The van der Waals surface area contributed by atoms with E-state index in [1.807, 2.05) is 66.1 Å². The Morgan fingerprint density at radius 3 is 2.33 bits per heavy atom. The summed E-state index contributed by atoms with van der Waals surface area (Å²) in [6.07, 6.45) is 1.86. The number of nitrogens with zero attached hydrogens (tertiary/aromatic N) is 5. The summed E-state index contributed by atoms with van der Waals surface area (Å²) in [4.78, 5) is 8.59. The SMILES string of the molecule is [C-]#[N+]c1ccc2c(c1)c1ccccc1n2-c1cc(C#N)cc(-c2cccc(-n3c4ncccc4c4ccc5sc6ccccc6c5c43)c2)c1. The lowest BCUT2D eigenvalue weighted by atomic mass is 10.0. The van der Waals surface area contributed by atoms with Crippen molar-refractivity contribution in [2.24, 2.45) is 0 Å². The summed E-state index contributed by atoms with van der Waals surface area (Å²) in [6.45, 7) is 7.58. The summed E-state index contributed by atoms with van der Waals surface area (Å²) < 4.78 is 7.00. The number of fused-ring (bicyclic) bond motifs is 10. The van der Waals surface area contributed by atoms with Gasteiger partial charge in [-0.2, -0.15) is 5.26 Å². The summed E-state index contributed by atoms with van der Waals surface area (Å²) in [7, 11) is 0. The highest BCUT2D eigenvalue weighted by atomic mass is 32.1. The molecule has 0 aliphatic carbocycles. The van der Waals surface area contributed by atoms with E-state index in [1.54, 1.807) is 0 Å². The number of nitriles is 1. The van der Waals surface area contributed by atoms with E-state index in [2.05, 4.69) is 105 Å². The molecule has 10 rings (SSSR count). The maximum atomic E-state index is 10.2. The Balaban J connectivity index is 1.22. The van der Waals surface area contributed by atoms with Crippen molar-refractivity contribution in [2.75, 3.05) is 0 Å². The Bertz CT molecular complexity index is 3090. The number of rotatable bonds is 3. The molecule has 10 aromatic rings. The van der Waals surface area contributed by atoms with Gasteiger partial charge >= 0.3 is 0 Å². The summed E-state index contributed by atoms with van der Waals surface area (Å²) in [5.74, 6) is 0. The van der Waals surface area contributed by atoms with Gasteiger partial charge in [0.1, 0.15) is 5.65 Å². The Morgan fingerprint density at radius 1 is 0.612 bits per heavy atom. The molecule has 0 saturated carbocycles. The van der Waals surface area contributed by atoms with Crippen LogP contribution in [0.1, 0.15) is 5.56 Å². The third-order valence-corrected chi connectivity index (χ3v) is 10.7. The second-order valence-corrected chi connectivity index (χ2v) is 13.3. The van der Waals surface area contributed by atoms with Crippen LogP contribution in [0.3, 0.4) is 0 Å². The highest BCUT2D eigenvalue weighted by Crippen LogP contribution is 2.43. The molecule has 5 nitrogen and oxygen atoms in total. The van der Waals surface area contributed by atoms with Gasteiger partial charge in [-0.3, -0.25) is 4.57 Å². The highest BCUT2D eigenvalue weighted by Gasteiger charge is 2.20. The molecule has 0 atom stereocenters. The van der Waals surface area contributed by atoms with Crippen LogP contribution in [-0.4, -0.2) is 14.1 Å². The fourth-order valence-electron chi connectivity index (χ4n) is 7.50. The van der Waals surface area contributed by atoms with E-state index in [9.17, 15) is 5.26 Å². The Hall–Kier alpha value is -6.73. The van der Waals surface area contributed by atoms with Crippen LogP contribution in [0.15, 0.2) is 140 Å². The molecule has 49 heavy (non-hydrogen) atoms. The first-order valence-electron chi connectivity index (χ1n) is 16.0. The highest BCUT2D eigenvalue weighted by molar-refractivity contribution is 7.26. The van der Waals surface area contributed by atoms with Gasteiger partial charge in [0.25, 0.3) is 0 Å². The molecule has 0 radical (unpaired) electrons. The lowest BCUT2D eigenvalue weighted by molar-refractivity contribution is 1.14. The van der Waals surface area contributed by atoms with E-state index in [4.69, 9.17) is 11.6 Å². The number of hydrogen-bond donors (Lipinski definition) is 0. The van der Waals surface area contributed by atoms with Gasteiger partial charge in [-0.15, -0.1) is 11.3 Å². The molecular formula is C43H23N5S. The minimum absolute atomic E-state index is 0.576. The summed E-state index contributed by atoms with van der Waals surface area (Å²) in [5.41, 5.74) is 9.10. The third kappa shape index (κ3) is 3.99. The molecule has 0 N–H and O–H groups in total. The molecule has 4 heterocycles. The average Bonchev–Trinajstić information content (AvgIpc) is 3.82. The molecule has 6 heteroatoms. The van der Waals surface area contributed by atoms with Crippen LogP contribution >= 0.6 is 11.3 Å². The van der Waals surface area contributed by atoms with Crippen LogP contribution in [0.25, 0.3) is 91.3 Å². The van der Waals surface area contributed by atoms with Crippen LogP contribution in [0, 0.1) is 17.9 Å². The van der Waals surface area contributed by atoms with Gasteiger partial charge in [-0.05, 0) is 89.3 Å². The van der Waals surface area contributed by atoms with E-state index >= 15 is 0 Å². The van der Waals surface area contributed by atoms with Gasteiger partial charge < -0.3 is 4.57 Å². The molecule has 0 unspecified atom stereocenters. The van der Waals surface area contributed by atoms with Crippen LogP contribution in [0.5, 0.6) is 0 Å². The van der Waals surface area contributed by atoms with Crippen molar-refractivity contribution in [3.05, 3.63) is 157 Å². The summed E-state index contributed by atoms with van der Waals surface area (Å²) in [6, 6.07) is 48.3. The van der Waals surface area contributed by atoms with E-state index in [0.29, 0.717) is 11.3 Å². The van der Waals surface area contributed by atoms with Gasteiger partial charge in [0, 0.05) is 53.9 Å². The number of aromatic nitrogens is 3. The standard InChI is InChI=1S/C43H23N5S/c1-45-29-15-17-38-36(24-29)32-10-2-4-13-37(32)47(38)31-21-26(25-44)20-28(23-31)27-8-6-9-30(22-27)48-42-33(34-12-7-19-46-43(34)48)16-18-40-41(42)35-11-3-5-14-39(35)49-40/h2-24H. The molecule has 0 aliphatic heterocycles. The van der Waals surface area contributed by atoms with Crippen molar-refractivity contribution in [2.45, 2.75) is 0 Å². The third-order valence-electron chi connectivity index (χ3n) is 9.56. The van der Waals surface area contributed by atoms with Crippen LogP contribution < -0.4 is 0 Å². The summed E-state index contributed by atoms with van der Waals surface area (Å²) in [5, 5.41) is 17.1. The van der Waals surface area contributed by atoms with Gasteiger partial charge in [0.15, 0.2) is 5.69 Å².